The molecule has 1 heterocycles. The van der Waals surface area contributed by atoms with Crippen molar-refractivity contribution in [2.75, 3.05) is 16.8 Å². The lowest BCUT2D eigenvalue weighted by Gasteiger charge is -2.21. The Morgan fingerprint density at radius 1 is 1.06 bits per heavy atom. The van der Waals surface area contributed by atoms with Gasteiger partial charge < -0.3 is 15.5 Å². The molecule has 2 aromatic carbocycles. The fourth-order valence-corrected chi connectivity index (χ4v) is 4.32. The van der Waals surface area contributed by atoms with Gasteiger partial charge in [-0.25, -0.2) is 0 Å². The number of hydrogen-bond donors (Lipinski definition) is 2. The molecule has 6 nitrogen and oxygen atoms in total. The number of fused-ring (bicyclic) bond motifs is 1. The molecule has 1 aliphatic heterocycles. The van der Waals surface area contributed by atoms with E-state index in [9.17, 15) is 14.4 Å². The van der Waals surface area contributed by atoms with Crippen molar-refractivity contribution in [1.29, 1.82) is 0 Å². The van der Waals surface area contributed by atoms with Crippen LogP contribution in [0.1, 0.15) is 47.2 Å². The molecular formula is C25H27N3O3. The van der Waals surface area contributed by atoms with Crippen molar-refractivity contribution in [2.45, 2.75) is 38.6 Å². The van der Waals surface area contributed by atoms with Gasteiger partial charge >= 0.3 is 0 Å². The van der Waals surface area contributed by atoms with Crippen LogP contribution in [0.5, 0.6) is 0 Å². The van der Waals surface area contributed by atoms with Gasteiger partial charge in [0, 0.05) is 35.9 Å². The molecule has 0 atom stereocenters. The van der Waals surface area contributed by atoms with Crippen molar-refractivity contribution in [3.63, 3.8) is 0 Å². The Balaban J connectivity index is 1.42. The highest BCUT2D eigenvalue weighted by Gasteiger charge is 2.32. The summed E-state index contributed by atoms with van der Waals surface area (Å²) in [5, 5.41) is 5.64. The number of nitrogens with zero attached hydrogens (tertiary/aromatic N) is 1. The number of anilines is 2. The molecule has 6 heteroatoms. The van der Waals surface area contributed by atoms with Crippen LogP contribution in [-0.2, 0) is 22.6 Å². The van der Waals surface area contributed by atoms with Crippen LogP contribution in [0.15, 0.2) is 55.1 Å². The maximum atomic E-state index is 12.9. The molecule has 0 unspecified atom stereocenters. The minimum absolute atomic E-state index is 0.138. The summed E-state index contributed by atoms with van der Waals surface area (Å²) < 4.78 is 0. The van der Waals surface area contributed by atoms with Crippen LogP contribution in [-0.4, -0.2) is 24.3 Å². The second-order valence-corrected chi connectivity index (χ2v) is 8.14. The van der Waals surface area contributed by atoms with E-state index >= 15 is 0 Å². The second kappa shape index (κ2) is 9.16. The Hall–Kier alpha value is -3.41. The van der Waals surface area contributed by atoms with Crippen molar-refractivity contribution in [3.05, 3.63) is 71.8 Å². The van der Waals surface area contributed by atoms with Crippen molar-refractivity contribution >= 4 is 29.1 Å². The molecule has 4 rings (SSSR count). The van der Waals surface area contributed by atoms with Gasteiger partial charge in [-0.05, 0) is 60.7 Å². The van der Waals surface area contributed by atoms with E-state index in [1.54, 1.807) is 12.1 Å². The van der Waals surface area contributed by atoms with Crippen LogP contribution in [0.3, 0.4) is 0 Å². The summed E-state index contributed by atoms with van der Waals surface area (Å²) in [7, 11) is 0. The van der Waals surface area contributed by atoms with E-state index in [0.29, 0.717) is 24.3 Å². The van der Waals surface area contributed by atoms with Gasteiger partial charge in [0.25, 0.3) is 5.91 Å². The lowest BCUT2D eigenvalue weighted by atomic mass is 10.1. The van der Waals surface area contributed by atoms with Crippen molar-refractivity contribution in [1.82, 2.24) is 5.32 Å². The molecule has 3 amide bonds. The highest BCUT2D eigenvalue weighted by Crippen LogP contribution is 2.35. The predicted octanol–water partition coefficient (Wildman–Crippen LogP) is 3.82. The minimum Gasteiger partial charge on any atom is -0.348 e. The van der Waals surface area contributed by atoms with Crippen molar-refractivity contribution < 1.29 is 14.4 Å². The predicted molar refractivity (Wildman–Crippen MR) is 121 cm³/mol. The summed E-state index contributed by atoms with van der Waals surface area (Å²) in [6.07, 6.45) is 6.30. The third kappa shape index (κ3) is 4.68. The van der Waals surface area contributed by atoms with Gasteiger partial charge in [0.2, 0.25) is 11.8 Å². The zero-order valence-electron chi connectivity index (χ0n) is 17.5. The lowest BCUT2D eigenvalue weighted by molar-refractivity contribution is -0.122. The number of carbonyl (C=O) groups is 3. The number of hydrogen-bond acceptors (Lipinski definition) is 3. The smallest absolute Gasteiger partial charge is 0.255 e. The van der Waals surface area contributed by atoms with E-state index in [4.69, 9.17) is 0 Å². The molecule has 2 aromatic rings. The standard InChI is InChI=1S/C25H27N3O3/c1-2-23(29)26-16-17-7-9-19(10-8-17)24(30)27-21-12-11-18-13-14-28(22(18)15-21)25(31)20-5-3-4-6-20/h2,7-12,15,20H,1,3-6,13-14,16H2,(H,26,29)(H,27,30). The van der Waals surface area contributed by atoms with Crippen LogP contribution in [0.4, 0.5) is 11.4 Å². The monoisotopic (exact) mass is 417 g/mol. The second-order valence-electron chi connectivity index (χ2n) is 8.14. The minimum atomic E-state index is -0.237. The highest BCUT2D eigenvalue weighted by molar-refractivity contribution is 6.05. The number of nitrogens with one attached hydrogen (secondary N) is 2. The zero-order valence-corrected chi connectivity index (χ0v) is 17.5. The molecular weight excluding hydrogens is 390 g/mol. The fourth-order valence-electron chi connectivity index (χ4n) is 4.32. The normalized spacial score (nSPS) is 15.4. The number of carbonyl (C=O) groups excluding carboxylic acids is 3. The van der Waals surface area contributed by atoms with E-state index in [1.165, 1.54) is 6.08 Å². The fraction of sp³-hybridized carbons (Fsp3) is 0.320. The first-order valence-corrected chi connectivity index (χ1v) is 10.8. The summed E-state index contributed by atoms with van der Waals surface area (Å²) in [6, 6.07) is 12.9. The first-order chi connectivity index (χ1) is 15.0. The molecule has 0 saturated heterocycles. The molecule has 2 aliphatic rings. The number of benzene rings is 2. The number of amides is 3. The maximum absolute atomic E-state index is 12.9. The first kappa shape index (κ1) is 20.8. The van der Waals surface area contributed by atoms with E-state index in [1.807, 2.05) is 35.2 Å². The quantitative estimate of drug-likeness (QED) is 0.702. The first-order valence-electron chi connectivity index (χ1n) is 10.8. The van der Waals surface area contributed by atoms with Gasteiger partial charge in [-0.3, -0.25) is 14.4 Å². The van der Waals surface area contributed by atoms with E-state index in [-0.39, 0.29) is 23.6 Å². The molecule has 1 saturated carbocycles. The van der Waals surface area contributed by atoms with E-state index < -0.39 is 0 Å². The molecule has 0 bridgehead atoms. The molecule has 0 radical (unpaired) electrons. The highest BCUT2D eigenvalue weighted by atomic mass is 16.2. The summed E-state index contributed by atoms with van der Waals surface area (Å²) in [4.78, 5) is 38.8. The van der Waals surface area contributed by atoms with Crippen LogP contribution in [0.25, 0.3) is 0 Å². The van der Waals surface area contributed by atoms with Gasteiger partial charge in [0.05, 0.1) is 0 Å². The maximum Gasteiger partial charge on any atom is 0.255 e. The van der Waals surface area contributed by atoms with Crippen molar-refractivity contribution in [3.8, 4) is 0 Å². The van der Waals surface area contributed by atoms with E-state index in [2.05, 4.69) is 17.2 Å². The third-order valence-corrected chi connectivity index (χ3v) is 6.08. The lowest BCUT2D eigenvalue weighted by Crippen LogP contribution is -2.33. The Bertz CT molecular complexity index is 1010. The average molecular weight is 418 g/mol. The van der Waals surface area contributed by atoms with Gasteiger partial charge in [0.1, 0.15) is 0 Å². The van der Waals surface area contributed by atoms with Gasteiger partial charge in [-0.2, -0.15) is 0 Å². The zero-order chi connectivity index (χ0) is 21.8. The Kier molecular flexibility index (Phi) is 6.16. The van der Waals surface area contributed by atoms with Crippen LogP contribution in [0, 0.1) is 5.92 Å². The third-order valence-electron chi connectivity index (χ3n) is 6.08. The van der Waals surface area contributed by atoms with Crippen LogP contribution >= 0.6 is 0 Å². The molecule has 1 fully saturated rings. The molecule has 160 valence electrons. The number of rotatable bonds is 6. The summed E-state index contributed by atoms with van der Waals surface area (Å²) in [5.41, 5.74) is 4.17. The van der Waals surface area contributed by atoms with Gasteiger partial charge in [-0.1, -0.05) is 37.6 Å². The molecule has 1 aliphatic carbocycles. The molecule has 2 N–H and O–H groups in total. The molecule has 0 spiro atoms. The Labute approximate surface area is 182 Å². The Morgan fingerprint density at radius 3 is 2.52 bits per heavy atom. The average Bonchev–Trinajstić information content (AvgIpc) is 3.47. The van der Waals surface area contributed by atoms with Crippen LogP contribution < -0.4 is 15.5 Å². The van der Waals surface area contributed by atoms with Crippen molar-refractivity contribution in [2.24, 2.45) is 5.92 Å². The van der Waals surface area contributed by atoms with Gasteiger partial charge in [0.15, 0.2) is 0 Å². The SMILES string of the molecule is C=CC(=O)NCc1ccc(C(=O)Nc2ccc3c(c2)N(C(=O)C2CCCC2)CC3)cc1. The molecule has 31 heavy (non-hydrogen) atoms. The van der Waals surface area contributed by atoms with Crippen LogP contribution in [0.2, 0.25) is 0 Å². The topological polar surface area (TPSA) is 78.5 Å². The Morgan fingerprint density at radius 2 is 1.81 bits per heavy atom. The van der Waals surface area contributed by atoms with Gasteiger partial charge in [-0.15, -0.1) is 0 Å². The molecule has 0 aromatic heterocycles. The summed E-state index contributed by atoms with van der Waals surface area (Å²) >= 11 is 0. The largest absolute Gasteiger partial charge is 0.348 e. The summed E-state index contributed by atoms with van der Waals surface area (Å²) in [6.45, 7) is 4.51. The van der Waals surface area contributed by atoms with E-state index in [0.717, 1.165) is 48.9 Å². The summed E-state index contributed by atoms with van der Waals surface area (Å²) in [5.74, 6) is -0.0926.